The number of rotatable bonds is 3. The fraction of sp³-hybridized carbons (Fsp3) is 0.176. The first-order valence-electron chi connectivity index (χ1n) is 7.92. The van der Waals surface area contributed by atoms with Gasteiger partial charge in [0, 0.05) is 19.2 Å². The number of hydrogen-bond donors (Lipinski definition) is 2. The number of nitrogen functional groups attached to an aromatic ring is 1. The fourth-order valence-corrected chi connectivity index (χ4v) is 3.53. The molecule has 0 radical (unpaired) electrons. The van der Waals surface area contributed by atoms with Crippen molar-refractivity contribution in [3.8, 4) is 11.6 Å². The number of para-hydroxylation sites is 1. The third kappa shape index (κ3) is 3.16. The first-order valence-corrected chi connectivity index (χ1v) is 8.74. The molecule has 9 heteroatoms. The molecule has 1 amide bonds. The fourth-order valence-electron chi connectivity index (χ4n) is 2.78. The Bertz CT molecular complexity index is 1020. The van der Waals surface area contributed by atoms with E-state index in [2.05, 4.69) is 15.0 Å². The number of nitrogens with zero attached hydrogens (tertiary/aromatic N) is 4. The molecule has 0 fully saturated rings. The van der Waals surface area contributed by atoms with Crippen LogP contribution >= 0.6 is 11.3 Å². The van der Waals surface area contributed by atoms with Crippen LogP contribution < -0.4 is 10.5 Å². The molecular formula is C17H15N5O3S. The molecule has 3 aromatic rings. The summed E-state index contributed by atoms with van der Waals surface area (Å²) in [4.78, 5) is 25.1. The molecule has 2 aromatic heterocycles. The van der Waals surface area contributed by atoms with Gasteiger partial charge in [-0.25, -0.2) is 19.7 Å². The monoisotopic (exact) mass is 369 g/mol. The van der Waals surface area contributed by atoms with Crippen LogP contribution in [0, 0.1) is 0 Å². The Morgan fingerprint density at radius 3 is 3.00 bits per heavy atom. The second-order valence-electron chi connectivity index (χ2n) is 5.71. The summed E-state index contributed by atoms with van der Waals surface area (Å²) >= 11 is 1.40. The van der Waals surface area contributed by atoms with E-state index in [1.54, 1.807) is 6.07 Å². The minimum absolute atomic E-state index is 0.349. The average molecular weight is 369 g/mol. The molecule has 0 saturated carbocycles. The Balaban J connectivity index is 1.59. The van der Waals surface area contributed by atoms with E-state index in [0.717, 1.165) is 16.0 Å². The standard InChI is InChI=1S/C17H15N5O3S/c18-16-21-15-12(2-1-3-13(15)26-16)25-14-8-11(19-9-20-14)10-4-6-22(7-5-10)17(23)24/h1-4,8-9H,5-7H2,(H2,18,21)(H,23,24). The number of ether oxygens (including phenoxy) is 1. The van der Waals surface area contributed by atoms with Crippen molar-refractivity contribution in [1.29, 1.82) is 0 Å². The summed E-state index contributed by atoms with van der Waals surface area (Å²) in [5, 5.41) is 9.51. The summed E-state index contributed by atoms with van der Waals surface area (Å²) in [7, 11) is 0. The molecule has 26 heavy (non-hydrogen) atoms. The number of anilines is 1. The quantitative estimate of drug-likeness (QED) is 0.728. The lowest BCUT2D eigenvalue weighted by Crippen LogP contribution is -2.33. The summed E-state index contributed by atoms with van der Waals surface area (Å²) in [5.41, 5.74) is 8.18. The Morgan fingerprint density at radius 1 is 1.35 bits per heavy atom. The number of benzene rings is 1. The maximum atomic E-state index is 11.0. The van der Waals surface area contributed by atoms with Crippen LogP contribution in [-0.2, 0) is 0 Å². The van der Waals surface area contributed by atoms with Gasteiger partial charge < -0.3 is 20.5 Å². The number of nitrogens with two attached hydrogens (primary N) is 1. The highest BCUT2D eigenvalue weighted by Crippen LogP contribution is 2.33. The van der Waals surface area contributed by atoms with Gasteiger partial charge in [-0.3, -0.25) is 0 Å². The molecule has 4 rings (SSSR count). The lowest BCUT2D eigenvalue weighted by Gasteiger charge is -2.23. The predicted molar refractivity (Wildman–Crippen MR) is 98.3 cm³/mol. The van der Waals surface area contributed by atoms with Gasteiger partial charge in [0.15, 0.2) is 10.9 Å². The van der Waals surface area contributed by atoms with Crippen molar-refractivity contribution < 1.29 is 14.6 Å². The van der Waals surface area contributed by atoms with Crippen LogP contribution in [-0.4, -0.2) is 44.1 Å². The maximum Gasteiger partial charge on any atom is 0.407 e. The summed E-state index contributed by atoms with van der Waals surface area (Å²) in [6, 6.07) is 7.37. The third-order valence-corrected chi connectivity index (χ3v) is 4.91. The Labute approximate surface area is 152 Å². The van der Waals surface area contributed by atoms with E-state index >= 15 is 0 Å². The second-order valence-corrected chi connectivity index (χ2v) is 6.77. The van der Waals surface area contributed by atoms with Gasteiger partial charge >= 0.3 is 6.09 Å². The van der Waals surface area contributed by atoms with E-state index in [9.17, 15) is 4.79 Å². The number of hydrogen-bond acceptors (Lipinski definition) is 7. The van der Waals surface area contributed by atoms with Crippen LogP contribution in [0.4, 0.5) is 9.93 Å². The first-order chi connectivity index (χ1) is 12.6. The molecule has 0 aliphatic carbocycles. The van der Waals surface area contributed by atoms with Gasteiger partial charge in [-0.05, 0) is 24.1 Å². The van der Waals surface area contributed by atoms with Gasteiger partial charge in [-0.1, -0.05) is 23.5 Å². The van der Waals surface area contributed by atoms with Gasteiger partial charge in [0.05, 0.1) is 10.4 Å². The highest BCUT2D eigenvalue weighted by atomic mass is 32.1. The lowest BCUT2D eigenvalue weighted by molar-refractivity contribution is 0.150. The minimum atomic E-state index is -0.914. The molecule has 0 atom stereocenters. The van der Waals surface area contributed by atoms with Crippen molar-refractivity contribution in [2.75, 3.05) is 18.8 Å². The Kier molecular flexibility index (Phi) is 4.13. The molecule has 3 heterocycles. The molecule has 1 aromatic carbocycles. The topological polar surface area (TPSA) is 114 Å². The van der Waals surface area contributed by atoms with E-state index in [1.165, 1.54) is 22.6 Å². The largest absolute Gasteiger partial charge is 0.465 e. The molecule has 132 valence electrons. The number of aromatic nitrogens is 3. The smallest absolute Gasteiger partial charge is 0.407 e. The minimum Gasteiger partial charge on any atom is -0.465 e. The van der Waals surface area contributed by atoms with Crippen molar-refractivity contribution in [3.05, 3.63) is 42.4 Å². The van der Waals surface area contributed by atoms with Crippen molar-refractivity contribution in [1.82, 2.24) is 19.9 Å². The van der Waals surface area contributed by atoms with E-state index in [1.807, 2.05) is 24.3 Å². The van der Waals surface area contributed by atoms with Crippen LogP contribution in [0.1, 0.15) is 12.1 Å². The molecular weight excluding hydrogens is 354 g/mol. The zero-order valence-corrected chi connectivity index (χ0v) is 14.4. The molecule has 8 nitrogen and oxygen atoms in total. The molecule has 3 N–H and O–H groups in total. The van der Waals surface area contributed by atoms with Gasteiger partial charge in [0.25, 0.3) is 0 Å². The Morgan fingerprint density at radius 2 is 2.23 bits per heavy atom. The predicted octanol–water partition coefficient (Wildman–Crippen LogP) is 3.23. The summed E-state index contributed by atoms with van der Waals surface area (Å²) in [6.07, 6.45) is 2.99. The molecule has 1 aliphatic heterocycles. The average Bonchev–Trinajstić information content (AvgIpc) is 3.03. The third-order valence-electron chi connectivity index (χ3n) is 4.06. The SMILES string of the molecule is Nc1nc2c(Oc3cc(C4=CCN(C(=O)O)CC4)ncn3)cccc2s1. The van der Waals surface area contributed by atoms with Crippen LogP contribution in [0.15, 0.2) is 36.7 Å². The summed E-state index contributed by atoms with van der Waals surface area (Å²) in [6.45, 7) is 0.793. The van der Waals surface area contributed by atoms with Crippen molar-refractivity contribution in [2.45, 2.75) is 6.42 Å². The van der Waals surface area contributed by atoms with E-state index < -0.39 is 6.09 Å². The molecule has 1 aliphatic rings. The van der Waals surface area contributed by atoms with Crippen molar-refractivity contribution in [3.63, 3.8) is 0 Å². The van der Waals surface area contributed by atoms with Crippen LogP contribution in [0.25, 0.3) is 15.8 Å². The number of amides is 1. The zero-order valence-electron chi connectivity index (χ0n) is 13.6. The molecule has 0 bridgehead atoms. The normalized spacial score (nSPS) is 14.3. The van der Waals surface area contributed by atoms with E-state index in [4.69, 9.17) is 15.6 Å². The van der Waals surface area contributed by atoms with Gasteiger partial charge in [-0.15, -0.1) is 0 Å². The number of thiazole rings is 1. The van der Waals surface area contributed by atoms with Gasteiger partial charge in [-0.2, -0.15) is 0 Å². The second kappa shape index (κ2) is 6.60. The molecule has 0 saturated heterocycles. The summed E-state index contributed by atoms with van der Waals surface area (Å²) < 4.78 is 6.84. The number of carboxylic acid groups (broad SMARTS) is 1. The van der Waals surface area contributed by atoms with Crippen LogP contribution in [0.2, 0.25) is 0 Å². The molecule has 0 spiro atoms. The van der Waals surface area contributed by atoms with E-state index in [-0.39, 0.29) is 0 Å². The summed E-state index contributed by atoms with van der Waals surface area (Å²) in [5.74, 6) is 0.977. The van der Waals surface area contributed by atoms with Gasteiger partial charge in [0.2, 0.25) is 5.88 Å². The highest BCUT2D eigenvalue weighted by Gasteiger charge is 2.18. The van der Waals surface area contributed by atoms with Crippen molar-refractivity contribution >= 4 is 38.4 Å². The van der Waals surface area contributed by atoms with Crippen LogP contribution in [0.5, 0.6) is 11.6 Å². The maximum absolute atomic E-state index is 11.0. The van der Waals surface area contributed by atoms with Crippen LogP contribution in [0.3, 0.4) is 0 Å². The Hall–Kier alpha value is -3.20. The highest BCUT2D eigenvalue weighted by molar-refractivity contribution is 7.22. The van der Waals surface area contributed by atoms with Crippen molar-refractivity contribution in [2.24, 2.45) is 0 Å². The number of carbonyl (C=O) groups is 1. The number of fused-ring (bicyclic) bond motifs is 1. The lowest BCUT2D eigenvalue weighted by atomic mass is 10.0. The van der Waals surface area contributed by atoms with Gasteiger partial charge in [0.1, 0.15) is 11.8 Å². The first kappa shape index (κ1) is 16.3. The molecule has 0 unspecified atom stereocenters. The van der Waals surface area contributed by atoms with E-state index in [0.29, 0.717) is 41.8 Å². The zero-order chi connectivity index (χ0) is 18.1.